The molecule has 0 bridgehead atoms. The monoisotopic (exact) mass is 323 g/mol. The van der Waals surface area contributed by atoms with Crippen LogP contribution in [0.2, 0.25) is 0 Å². The molecule has 1 atom stereocenters. The van der Waals surface area contributed by atoms with E-state index in [1.807, 2.05) is 0 Å². The van der Waals surface area contributed by atoms with Crippen LogP contribution in [0.3, 0.4) is 0 Å². The topological polar surface area (TPSA) is 30.5 Å². The maximum Gasteiger partial charge on any atom is 0.111 e. The second-order valence-corrected chi connectivity index (χ2v) is 6.24. The Morgan fingerprint density at radius 2 is 1.41 bits per heavy atom. The summed E-state index contributed by atoms with van der Waals surface area (Å²) >= 11 is 0. The fourth-order valence-electron chi connectivity index (χ4n) is 1.52. The van der Waals surface area contributed by atoms with Crippen LogP contribution >= 0.6 is 8.58 Å². The molecule has 1 unspecified atom stereocenters. The number of hydrogen-bond acceptors (Lipinski definition) is 3. The zero-order valence-electron chi connectivity index (χ0n) is 13.7. The fraction of sp³-hybridized carbons (Fsp3) is 0.444. The normalized spacial score (nSPS) is 10.2. The fourth-order valence-corrected chi connectivity index (χ4v) is 2.50. The van der Waals surface area contributed by atoms with Crippen LogP contribution in [-0.2, 0) is 9.47 Å². The molecule has 0 amide bonds. The molecule has 0 aliphatic heterocycles. The molecule has 0 spiro atoms. The van der Waals surface area contributed by atoms with Crippen LogP contribution in [0.5, 0.6) is 0 Å². The van der Waals surface area contributed by atoms with Crippen molar-refractivity contribution in [2.24, 2.45) is 0 Å². The van der Waals surface area contributed by atoms with Gasteiger partial charge in [-0.05, 0) is 44.0 Å². The van der Waals surface area contributed by atoms with Gasteiger partial charge in [0.2, 0.25) is 0 Å². The molecule has 0 aromatic heterocycles. The second kappa shape index (κ2) is 14.5. The minimum atomic E-state index is 0.638. The Balaban J connectivity index is 3.32. The number of nitrogens with one attached hydrogen (secondary N) is 1. The standard InChI is InChI=1S/C18H30NO2P/c1-6-16(3)20-13-9-8-12-19-18(5)22-15-11-10-14-21-17(4)7-2/h6-7,19,22H,1-5,8-15H2. The molecule has 0 fully saturated rings. The first-order valence-electron chi connectivity index (χ1n) is 7.65. The highest BCUT2D eigenvalue weighted by molar-refractivity contribution is 7.42. The van der Waals surface area contributed by atoms with E-state index in [0.717, 1.165) is 52.4 Å². The van der Waals surface area contributed by atoms with Crippen molar-refractivity contribution in [2.45, 2.75) is 25.7 Å². The van der Waals surface area contributed by atoms with Crippen LogP contribution in [0.4, 0.5) is 0 Å². The largest absolute Gasteiger partial charge is 0.494 e. The molecule has 1 N–H and O–H groups in total. The van der Waals surface area contributed by atoms with E-state index in [0.29, 0.717) is 24.7 Å². The van der Waals surface area contributed by atoms with Crippen molar-refractivity contribution in [1.29, 1.82) is 0 Å². The van der Waals surface area contributed by atoms with E-state index < -0.39 is 0 Å². The third-order valence-electron chi connectivity index (χ3n) is 2.85. The highest BCUT2D eigenvalue weighted by atomic mass is 31.1. The number of ether oxygens (including phenoxy) is 2. The Labute approximate surface area is 137 Å². The molecule has 0 rings (SSSR count). The lowest BCUT2D eigenvalue weighted by molar-refractivity contribution is 0.219. The van der Waals surface area contributed by atoms with Crippen molar-refractivity contribution < 1.29 is 9.47 Å². The number of rotatable bonds is 16. The van der Waals surface area contributed by atoms with E-state index in [4.69, 9.17) is 9.47 Å². The van der Waals surface area contributed by atoms with Gasteiger partial charge in [0.25, 0.3) is 0 Å². The van der Waals surface area contributed by atoms with Crippen molar-refractivity contribution >= 4 is 8.58 Å². The number of unbranched alkanes of at least 4 members (excludes halogenated alkanes) is 2. The molecular formula is C18H30NO2P. The summed E-state index contributed by atoms with van der Waals surface area (Å²) in [5, 5.41) is 3.36. The molecular weight excluding hydrogens is 293 g/mol. The van der Waals surface area contributed by atoms with E-state index in [-0.39, 0.29) is 0 Å². The highest BCUT2D eigenvalue weighted by Gasteiger charge is 1.96. The van der Waals surface area contributed by atoms with Gasteiger partial charge < -0.3 is 14.8 Å². The van der Waals surface area contributed by atoms with Gasteiger partial charge in [0, 0.05) is 12.0 Å². The summed E-state index contributed by atoms with van der Waals surface area (Å²) in [4.78, 5) is 0. The lowest BCUT2D eigenvalue weighted by atomic mass is 10.3. The Morgan fingerprint density at radius 3 is 1.95 bits per heavy atom. The second-order valence-electron chi connectivity index (χ2n) is 4.78. The van der Waals surface area contributed by atoms with Gasteiger partial charge >= 0.3 is 0 Å². The van der Waals surface area contributed by atoms with Crippen molar-refractivity contribution in [3.05, 3.63) is 62.0 Å². The maximum absolute atomic E-state index is 5.35. The van der Waals surface area contributed by atoms with Crippen LogP contribution < -0.4 is 5.32 Å². The lowest BCUT2D eigenvalue weighted by Gasteiger charge is -2.10. The summed E-state index contributed by atoms with van der Waals surface area (Å²) < 4.78 is 10.7. The first-order valence-corrected chi connectivity index (χ1v) is 8.85. The molecule has 0 saturated carbocycles. The summed E-state index contributed by atoms with van der Waals surface area (Å²) in [6, 6.07) is 0. The molecule has 3 nitrogen and oxygen atoms in total. The highest BCUT2D eigenvalue weighted by Crippen LogP contribution is 2.20. The first kappa shape index (κ1) is 20.5. The minimum Gasteiger partial charge on any atom is -0.494 e. The summed E-state index contributed by atoms with van der Waals surface area (Å²) in [6.07, 6.45) is 8.65. The van der Waals surface area contributed by atoms with E-state index in [9.17, 15) is 0 Å². The van der Waals surface area contributed by atoms with Crippen LogP contribution in [0.15, 0.2) is 62.0 Å². The minimum absolute atomic E-state index is 0.638. The molecule has 0 aliphatic carbocycles. The van der Waals surface area contributed by atoms with Crippen molar-refractivity contribution in [1.82, 2.24) is 5.32 Å². The Hall–Kier alpha value is -1.47. The molecule has 0 aromatic rings. The Kier molecular flexibility index (Phi) is 13.5. The van der Waals surface area contributed by atoms with Gasteiger partial charge in [-0.2, -0.15) is 0 Å². The van der Waals surface area contributed by atoms with Crippen molar-refractivity contribution in [3.63, 3.8) is 0 Å². The van der Waals surface area contributed by atoms with E-state index in [1.54, 1.807) is 12.2 Å². The van der Waals surface area contributed by atoms with Crippen LogP contribution in [-0.4, -0.2) is 25.9 Å². The molecule has 0 aromatic carbocycles. The number of allylic oxidation sites excluding steroid dienone is 2. The zero-order chi connectivity index (χ0) is 16.6. The predicted octanol–water partition coefficient (Wildman–Crippen LogP) is 4.72. The van der Waals surface area contributed by atoms with Gasteiger partial charge in [-0.15, -0.1) is 0 Å². The molecule has 0 radical (unpaired) electrons. The Bertz CT molecular complexity index is 343. The third kappa shape index (κ3) is 13.5. The summed E-state index contributed by atoms with van der Waals surface area (Å²) in [7, 11) is 0.758. The molecule has 4 heteroatoms. The summed E-state index contributed by atoms with van der Waals surface area (Å²) in [5.74, 6) is 1.29. The van der Waals surface area contributed by atoms with Crippen LogP contribution in [0.1, 0.15) is 25.7 Å². The molecule has 0 saturated heterocycles. The zero-order valence-corrected chi connectivity index (χ0v) is 14.7. The van der Waals surface area contributed by atoms with Gasteiger partial charge in [-0.3, -0.25) is 0 Å². The molecule has 22 heavy (non-hydrogen) atoms. The van der Waals surface area contributed by atoms with Gasteiger partial charge in [-0.25, -0.2) is 0 Å². The first-order chi connectivity index (χ1) is 10.6. The predicted molar refractivity (Wildman–Crippen MR) is 99.4 cm³/mol. The number of hydrogen-bond donors (Lipinski definition) is 1. The smallest absolute Gasteiger partial charge is 0.111 e. The third-order valence-corrected chi connectivity index (χ3v) is 4.06. The molecule has 124 valence electrons. The summed E-state index contributed by atoms with van der Waals surface area (Å²) in [5.41, 5.74) is 1.13. The average molecular weight is 323 g/mol. The SMILES string of the molecule is C=CC(=C)OCCCCNC(=C)PCCCCOC(=C)C=C. The molecule has 0 aliphatic rings. The van der Waals surface area contributed by atoms with E-state index >= 15 is 0 Å². The van der Waals surface area contributed by atoms with Crippen molar-refractivity contribution in [3.8, 4) is 0 Å². The van der Waals surface area contributed by atoms with Crippen molar-refractivity contribution in [2.75, 3.05) is 25.9 Å². The Morgan fingerprint density at radius 1 is 0.864 bits per heavy atom. The van der Waals surface area contributed by atoms with Gasteiger partial charge in [0.1, 0.15) is 11.5 Å². The van der Waals surface area contributed by atoms with E-state index in [1.165, 1.54) is 0 Å². The van der Waals surface area contributed by atoms with Crippen LogP contribution in [0, 0.1) is 0 Å². The van der Waals surface area contributed by atoms with Crippen LogP contribution in [0.25, 0.3) is 0 Å². The van der Waals surface area contributed by atoms with Gasteiger partial charge in [-0.1, -0.05) is 41.5 Å². The average Bonchev–Trinajstić information content (AvgIpc) is 2.53. The van der Waals surface area contributed by atoms with Gasteiger partial charge in [0.15, 0.2) is 0 Å². The summed E-state index contributed by atoms with van der Waals surface area (Å²) in [6.45, 7) is 21.0. The molecule has 0 heterocycles. The maximum atomic E-state index is 5.35. The lowest BCUT2D eigenvalue weighted by Crippen LogP contribution is -2.12. The quantitative estimate of drug-likeness (QED) is 0.193. The van der Waals surface area contributed by atoms with Gasteiger partial charge in [0.05, 0.1) is 13.2 Å². The van der Waals surface area contributed by atoms with E-state index in [2.05, 4.69) is 38.2 Å².